The van der Waals surface area contributed by atoms with E-state index in [2.05, 4.69) is 10.3 Å². The van der Waals surface area contributed by atoms with Crippen LogP contribution in [-0.2, 0) is 6.54 Å². The first-order valence-corrected chi connectivity index (χ1v) is 9.48. The highest BCUT2D eigenvalue weighted by molar-refractivity contribution is 5.81. The van der Waals surface area contributed by atoms with Gasteiger partial charge in [0.15, 0.2) is 0 Å². The quantitative estimate of drug-likeness (QED) is 0.697. The summed E-state index contributed by atoms with van der Waals surface area (Å²) in [5, 5.41) is 3.69. The van der Waals surface area contributed by atoms with Gasteiger partial charge in [0.1, 0.15) is 11.9 Å². The van der Waals surface area contributed by atoms with Crippen molar-refractivity contribution in [3.8, 4) is 5.75 Å². The van der Waals surface area contributed by atoms with Crippen molar-refractivity contribution in [3.05, 3.63) is 82.2 Å². The predicted octanol–water partition coefficient (Wildman–Crippen LogP) is 4.46. The van der Waals surface area contributed by atoms with Crippen LogP contribution in [0.4, 0.5) is 10.3 Å². The number of halogens is 1. The number of nitrogens with one attached hydrogen (secondary N) is 1. The Bertz CT molecular complexity index is 1160. The molecule has 1 atom stereocenters. The van der Waals surface area contributed by atoms with Crippen LogP contribution in [-0.4, -0.2) is 22.8 Å². The molecule has 1 aliphatic carbocycles. The number of anilines is 1. The molecule has 1 aliphatic rings. The first-order chi connectivity index (χ1) is 14.1. The molecule has 0 spiro atoms. The lowest BCUT2D eigenvalue weighted by atomic mass is 10.1. The Morgan fingerprint density at radius 3 is 2.76 bits per heavy atom. The van der Waals surface area contributed by atoms with Gasteiger partial charge >= 0.3 is 0 Å². The third-order valence-corrected chi connectivity index (χ3v) is 4.96. The first kappa shape index (κ1) is 18.9. The summed E-state index contributed by atoms with van der Waals surface area (Å²) in [6, 6.07) is 13.1. The van der Waals surface area contributed by atoms with E-state index in [1.807, 2.05) is 43.3 Å². The molecular weight excluding hydrogens is 369 g/mol. The average Bonchev–Trinajstić information content (AvgIpc) is 2.74. The summed E-state index contributed by atoms with van der Waals surface area (Å²) in [6.45, 7) is 2.35. The molecule has 2 aromatic carbocycles. The van der Waals surface area contributed by atoms with Crippen molar-refractivity contribution < 1.29 is 9.13 Å². The zero-order chi connectivity index (χ0) is 20.4. The van der Waals surface area contributed by atoms with Crippen molar-refractivity contribution in [2.75, 3.05) is 12.4 Å². The Morgan fingerprint density at radius 2 is 2.03 bits per heavy atom. The Morgan fingerprint density at radius 1 is 1.24 bits per heavy atom. The molecule has 0 aliphatic heterocycles. The molecule has 0 bridgehead atoms. The number of fused-ring (bicyclic) bond motifs is 1. The van der Waals surface area contributed by atoms with Crippen LogP contribution in [0.15, 0.2) is 65.5 Å². The number of hydrogen-bond donors (Lipinski definition) is 1. The van der Waals surface area contributed by atoms with Crippen LogP contribution in [0.3, 0.4) is 0 Å². The lowest BCUT2D eigenvalue weighted by Crippen LogP contribution is -2.28. The molecule has 148 valence electrons. The van der Waals surface area contributed by atoms with Gasteiger partial charge in [-0.1, -0.05) is 35.9 Å². The average molecular weight is 391 g/mol. The number of ether oxygens (including phenoxy) is 1. The maximum Gasteiger partial charge on any atom is 0.267 e. The fraction of sp³-hybridized carbons (Fsp3) is 0.217. The van der Waals surface area contributed by atoms with E-state index in [0.717, 1.165) is 16.9 Å². The van der Waals surface area contributed by atoms with E-state index in [0.29, 0.717) is 29.1 Å². The van der Waals surface area contributed by atoms with Crippen LogP contribution >= 0.6 is 0 Å². The fourth-order valence-corrected chi connectivity index (χ4v) is 3.39. The Balaban J connectivity index is 1.79. The zero-order valence-corrected chi connectivity index (χ0v) is 16.4. The van der Waals surface area contributed by atoms with Crippen LogP contribution in [0.25, 0.3) is 16.6 Å². The van der Waals surface area contributed by atoms with Crippen LogP contribution in [0.5, 0.6) is 5.75 Å². The van der Waals surface area contributed by atoms with Crippen LogP contribution in [0, 0.1) is 6.92 Å². The molecule has 0 fully saturated rings. The standard InChI is InChI=1S/C23H22FN3O2/c1-15-7-12-20-18(13-15)22(28)27(21-6-4-3-5-19(21)24)23(26-20)25-14-16-8-10-17(29-2)11-9-16/h3-4,6-13,19H,5,14H2,1-2H3,(H,25,26). The number of aryl methyl sites for hydroxylation is 1. The maximum absolute atomic E-state index is 14.7. The van der Waals surface area contributed by atoms with Crippen molar-refractivity contribution in [2.45, 2.75) is 26.1 Å². The van der Waals surface area contributed by atoms with Crippen molar-refractivity contribution in [2.24, 2.45) is 0 Å². The monoisotopic (exact) mass is 391 g/mol. The van der Waals surface area contributed by atoms with Crippen molar-refractivity contribution in [1.29, 1.82) is 0 Å². The van der Waals surface area contributed by atoms with Gasteiger partial charge < -0.3 is 10.1 Å². The minimum absolute atomic E-state index is 0.238. The van der Waals surface area contributed by atoms with Gasteiger partial charge in [0.05, 0.1) is 23.7 Å². The number of hydrogen-bond acceptors (Lipinski definition) is 4. The van der Waals surface area contributed by atoms with Gasteiger partial charge in [-0.05, 0) is 42.8 Å². The largest absolute Gasteiger partial charge is 0.497 e. The van der Waals surface area contributed by atoms with Gasteiger partial charge in [-0.3, -0.25) is 4.79 Å². The van der Waals surface area contributed by atoms with Crippen molar-refractivity contribution >= 4 is 22.5 Å². The number of rotatable bonds is 5. The Labute approximate surface area is 168 Å². The summed E-state index contributed by atoms with van der Waals surface area (Å²) >= 11 is 0. The molecule has 0 radical (unpaired) electrons. The topological polar surface area (TPSA) is 56.1 Å². The van der Waals surface area contributed by atoms with Gasteiger partial charge in [-0.25, -0.2) is 13.9 Å². The number of nitrogens with zero attached hydrogens (tertiary/aromatic N) is 2. The lowest BCUT2D eigenvalue weighted by molar-refractivity contribution is 0.402. The molecule has 6 heteroatoms. The molecule has 4 rings (SSSR count). The molecule has 29 heavy (non-hydrogen) atoms. The van der Waals surface area contributed by atoms with Crippen molar-refractivity contribution in [1.82, 2.24) is 9.55 Å². The maximum atomic E-state index is 14.7. The number of benzene rings is 2. The number of alkyl halides is 1. The highest BCUT2D eigenvalue weighted by Crippen LogP contribution is 2.25. The Kier molecular flexibility index (Phi) is 5.16. The van der Waals surface area contributed by atoms with E-state index in [9.17, 15) is 9.18 Å². The van der Waals surface area contributed by atoms with Crippen LogP contribution in [0.2, 0.25) is 0 Å². The fourth-order valence-electron chi connectivity index (χ4n) is 3.39. The molecule has 1 N–H and O–H groups in total. The second-order valence-electron chi connectivity index (χ2n) is 7.02. The summed E-state index contributed by atoms with van der Waals surface area (Å²) in [5.74, 6) is 1.09. The van der Waals surface area contributed by atoms with E-state index >= 15 is 0 Å². The van der Waals surface area contributed by atoms with Crippen LogP contribution in [0.1, 0.15) is 17.5 Å². The smallest absolute Gasteiger partial charge is 0.267 e. The minimum Gasteiger partial charge on any atom is -0.497 e. The van der Waals surface area contributed by atoms with E-state index in [-0.39, 0.29) is 12.0 Å². The third-order valence-electron chi connectivity index (χ3n) is 4.96. The molecule has 0 saturated heterocycles. The molecule has 1 heterocycles. The molecule has 5 nitrogen and oxygen atoms in total. The third kappa shape index (κ3) is 3.78. The summed E-state index contributed by atoms with van der Waals surface area (Å²) in [7, 11) is 1.62. The van der Waals surface area contributed by atoms with Gasteiger partial charge in [0.25, 0.3) is 5.56 Å². The number of aromatic nitrogens is 2. The summed E-state index contributed by atoms with van der Waals surface area (Å²) in [5.41, 5.74) is 2.54. The first-order valence-electron chi connectivity index (χ1n) is 9.48. The molecule has 0 saturated carbocycles. The SMILES string of the molecule is COc1ccc(CNc2nc3ccc(C)cc3c(=O)n2C2=CC=CCC2F)cc1. The van der Waals surface area contributed by atoms with Crippen LogP contribution < -0.4 is 15.6 Å². The zero-order valence-electron chi connectivity index (χ0n) is 16.4. The highest BCUT2D eigenvalue weighted by Gasteiger charge is 2.22. The Hall–Kier alpha value is -3.41. The van der Waals surface area contributed by atoms with Crippen molar-refractivity contribution in [3.63, 3.8) is 0 Å². The molecule has 3 aromatic rings. The van der Waals surface area contributed by atoms with E-state index < -0.39 is 6.17 Å². The summed E-state index contributed by atoms with van der Waals surface area (Å²) in [4.78, 5) is 17.9. The van der Waals surface area contributed by atoms with Gasteiger partial charge in [-0.15, -0.1) is 0 Å². The van der Waals surface area contributed by atoms with E-state index in [1.54, 1.807) is 31.4 Å². The van der Waals surface area contributed by atoms with Gasteiger partial charge in [0.2, 0.25) is 5.95 Å². The number of methoxy groups -OCH3 is 1. The molecular formula is C23H22FN3O2. The molecule has 1 unspecified atom stereocenters. The van der Waals surface area contributed by atoms with E-state index in [4.69, 9.17) is 4.74 Å². The van der Waals surface area contributed by atoms with Gasteiger partial charge in [-0.2, -0.15) is 0 Å². The lowest BCUT2D eigenvalue weighted by Gasteiger charge is -2.21. The predicted molar refractivity (Wildman–Crippen MR) is 114 cm³/mol. The summed E-state index contributed by atoms with van der Waals surface area (Å²) in [6.07, 6.45) is 4.14. The minimum atomic E-state index is -1.26. The normalized spacial score (nSPS) is 16.0. The van der Waals surface area contributed by atoms with E-state index in [1.165, 1.54) is 4.57 Å². The van der Waals surface area contributed by atoms with Gasteiger partial charge in [0, 0.05) is 13.0 Å². The second kappa shape index (κ2) is 7.91. The molecule has 0 amide bonds. The highest BCUT2D eigenvalue weighted by atomic mass is 19.1. The summed E-state index contributed by atoms with van der Waals surface area (Å²) < 4.78 is 21.2. The molecule has 1 aromatic heterocycles. The second-order valence-corrected chi connectivity index (χ2v) is 7.02. The number of allylic oxidation sites excluding steroid dienone is 4.